The molecular formula is C13H11FN2OS. The van der Waals surface area contributed by atoms with E-state index in [1.165, 1.54) is 6.07 Å². The zero-order chi connectivity index (χ0) is 12.7. The van der Waals surface area contributed by atoms with E-state index in [-0.39, 0.29) is 5.82 Å². The van der Waals surface area contributed by atoms with Gasteiger partial charge in [0.25, 0.3) is 0 Å². The van der Waals surface area contributed by atoms with Gasteiger partial charge in [0.15, 0.2) is 4.77 Å². The second-order valence-electron chi connectivity index (χ2n) is 4.27. The van der Waals surface area contributed by atoms with Crippen LogP contribution in [-0.2, 0) is 6.54 Å². The number of aryl methyl sites for hydroxylation is 1. The largest absolute Gasteiger partial charge is 0.472 e. The summed E-state index contributed by atoms with van der Waals surface area (Å²) in [4.78, 5) is 3.01. The topological polar surface area (TPSA) is 33.9 Å². The molecule has 0 fully saturated rings. The number of imidazole rings is 1. The highest BCUT2D eigenvalue weighted by molar-refractivity contribution is 7.71. The van der Waals surface area contributed by atoms with Crippen molar-refractivity contribution in [3.8, 4) is 0 Å². The molecule has 0 aliphatic heterocycles. The van der Waals surface area contributed by atoms with Gasteiger partial charge in [-0.25, -0.2) is 4.39 Å². The van der Waals surface area contributed by atoms with Gasteiger partial charge >= 0.3 is 0 Å². The Morgan fingerprint density at radius 3 is 3.00 bits per heavy atom. The first-order valence-corrected chi connectivity index (χ1v) is 5.96. The number of aromatic amines is 1. The van der Waals surface area contributed by atoms with Gasteiger partial charge in [-0.05, 0) is 42.9 Å². The summed E-state index contributed by atoms with van der Waals surface area (Å²) in [6.45, 7) is 2.35. The fourth-order valence-corrected chi connectivity index (χ4v) is 2.28. The number of nitrogens with one attached hydrogen (secondary N) is 1. The highest BCUT2D eigenvalue weighted by atomic mass is 32.1. The zero-order valence-corrected chi connectivity index (χ0v) is 10.6. The molecule has 0 saturated carbocycles. The van der Waals surface area contributed by atoms with E-state index >= 15 is 0 Å². The third-order valence-electron chi connectivity index (χ3n) is 2.98. The Bertz CT molecular complexity index is 755. The van der Waals surface area contributed by atoms with Crippen LogP contribution >= 0.6 is 12.2 Å². The predicted molar refractivity (Wildman–Crippen MR) is 69.6 cm³/mol. The number of furan rings is 1. The maximum atomic E-state index is 13.5. The van der Waals surface area contributed by atoms with E-state index in [9.17, 15) is 4.39 Å². The van der Waals surface area contributed by atoms with Crippen LogP contribution in [0.3, 0.4) is 0 Å². The summed E-state index contributed by atoms with van der Waals surface area (Å²) in [6, 6.07) is 5.17. The number of halogens is 1. The standard InChI is InChI=1S/C13H11FN2OS/c1-8-4-12-11(5-10(8)14)15-13(18)16(12)6-9-2-3-17-7-9/h2-5,7H,6H2,1H3,(H,15,18). The van der Waals surface area contributed by atoms with E-state index in [0.29, 0.717) is 22.4 Å². The molecule has 92 valence electrons. The smallest absolute Gasteiger partial charge is 0.178 e. The van der Waals surface area contributed by atoms with Gasteiger partial charge in [-0.15, -0.1) is 0 Å². The molecule has 0 atom stereocenters. The Morgan fingerprint density at radius 1 is 1.44 bits per heavy atom. The van der Waals surface area contributed by atoms with Crippen molar-refractivity contribution in [3.05, 3.63) is 52.4 Å². The molecule has 0 aliphatic rings. The van der Waals surface area contributed by atoms with Crippen molar-refractivity contribution in [2.24, 2.45) is 0 Å². The van der Waals surface area contributed by atoms with E-state index in [2.05, 4.69) is 4.98 Å². The van der Waals surface area contributed by atoms with Crippen molar-refractivity contribution >= 4 is 23.3 Å². The highest BCUT2D eigenvalue weighted by Crippen LogP contribution is 2.20. The van der Waals surface area contributed by atoms with Crippen molar-refractivity contribution in [1.82, 2.24) is 9.55 Å². The average molecular weight is 262 g/mol. The molecule has 3 aromatic rings. The number of aromatic nitrogens is 2. The normalized spacial score (nSPS) is 11.2. The van der Waals surface area contributed by atoms with Crippen molar-refractivity contribution in [3.63, 3.8) is 0 Å². The maximum absolute atomic E-state index is 13.5. The molecular weight excluding hydrogens is 251 g/mol. The fraction of sp³-hybridized carbons (Fsp3) is 0.154. The number of fused-ring (bicyclic) bond motifs is 1. The first-order chi connectivity index (χ1) is 8.65. The molecule has 0 spiro atoms. The number of benzene rings is 1. The zero-order valence-electron chi connectivity index (χ0n) is 9.74. The van der Waals surface area contributed by atoms with E-state index in [4.69, 9.17) is 16.6 Å². The minimum absolute atomic E-state index is 0.228. The quantitative estimate of drug-likeness (QED) is 0.713. The molecule has 0 bridgehead atoms. The number of H-pyrrole nitrogens is 1. The SMILES string of the molecule is Cc1cc2c(cc1F)[nH]c(=S)n2Cc1ccoc1. The lowest BCUT2D eigenvalue weighted by Gasteiger charge is -2.03. The first-order valence-electron chi connectivity index (χ1n) is 5.55. The van der Waals surface area contributed by atoms with Gasteiger partial charge in [0, 0.05) is 5.56 Å². The monoisotopic (exact) mass is 262 g/mol. The Morgan fingerprint density at radius 2 is 2.28 bits per heavy atom. The molecule has 0 radical (unpaired) electrons. The van der Waals surface area contributed by atoms with Crippen LogP contribution in [0.5, 0.6) is 0 Å². The summed E-state index contributed by atoms with van der Waals surface area (Å²) < 4.78 is 21.0. The van der Waals surface area contributed by atoms with Crippen LogP contribution in [0, 0.1) is 17.5 Å². The van der Waals surface area contributed by atoms with Gasteiger partial charge in [-0.2, -0.15) is 0 Å². The van der Waals surface area contributed by atoms with Gasteiger partial charge in [-0.1, -0.05) is 0 Å². The summed E-state index contributed by atoms with van der Waals surface area (Å²) in [6.07, 6.45) is 3.30. The Kier molecular flexibility index (Phi) is 2.56. The number of rotatable bonds is 2. The van der Waals surface area contributed by atoms with Gasteiger partial charge < -0.3 is 14.0 Å². The average Bonchev–Trinajstić information content (AvgIpc) is 2.92. The van der Waals surface area contributed by atoms with Crippen molar-refractivity contribution in [1.29, 1.82) is 0 Å². The summed E-state index contributed by atoms with van der Waals surface area (Å²) in [5, 5.41) is 0. The molecule has 2 aromatic heterocycles. The molecule has 3 nitrogen and oxygen atoms in total. The van der Waals surface area contributed by atoms with Gasteiger partial charge in [0.1, 0.15) is 5.82 Å². The van der Waals surface area contributed by atoms with E-state index in [1.54, 1.807) is 25.5 Å². The molecule has 0 unspecified atom stereocenters. The lowest BCUT2D eigenvalue weighted by atomic mass is 10.2. The second kappa shape index (κ2) is 4.10. The van der Waals surface area contributed by atoms with Crippen LogP contribution in [-0.4, -0.2) is 9.55 Å². The van der Waals surface area contributed by atoms with E-state index < -0.39 is 0 Å². The molecule has 18 heavy (non-hydrogen) atoms. The van der Waals surface area contributed by atoms with Crippen LogP contribution in [0.2, 0.25) is 0 Å². The maximum Gasteiger partial charge on any atom is 0.178 e. The number of hydrogen-bond donors (Lipinski definition) is 1. The lowest BCUT2D eigenvalue weighted by molar-refractivity contribution is 0.562. The summed E-state index contributed by atoms with van der Waals surface area (Å²) in [5.41, 5.74) is 3.25. The van der Waals surface area contributed by atoms with Gasteiger partial charge in [0.05, 0.1) is 30.1 Å². The number of nitrogens with zero attached hydrogens (tertiary/aromatic N) is 1. The van der Waals surface area contributed by atoms with Crippen molar-refractivity contribution in [2.75, 3.05) is 0 Å². The third kappa shape index (κ3) is 1.76. The Balaban J connectivity index is 2.19. The Hall–Kier alpha value is -1.88. The van der Waals surface area contributed by atoms with Crippen LogP contribution in [0.15, 0.2) is 35.1 Å². The van der Waals surface area contributed by atoms with Crippen LogP contribution < -0.4 is 0 Å². The van der Waals surface area contributed by atoms with Crippen LogP contribution in [0.1, 0.15) is 11.1 Å². The van der Waals surface area contributed by atoms with Crippen molar-refractivity contribution < 1.29 is 8.81 Å². The van der Waals surface area contributed by atoms with Gasteiger partial charge in [0.2, 0.25) is 0 Å². The molecule has 1 aromatic carbocycles. The highest BCUT2D eigenvalue weighted by Gasteiger charge is 2.08. The lowest BCUT2D eigenvalue weighted by Crippen LogP contribution is -1.98. The predicted octanol–water partition coefficient (Wildman–Crippen LogP) is 3.79. The molecule has 3 rings (SSSR count). The second-order valence-corrected chi connectivity index (χ2v) is 4.65. The summed E-state index contributed by atoms with van der Waals surface area (Å²) >= 11 is 5.27. The Labute approximate surface area is 108 Å². The minimum Gasteiger partial charge on any atom is -0.472 e. The van der Waals surface area contributed by atoms with E-state index in [0.717, 1.165) is 11.1 Å². The first kappa shape index (κ1) is 11.2. The molecule has 5 heteroatoms. The molecule has 0 amide bonds. The van der Waals surface area contributed by atoms with Crippen LogP contribution in [0.25, 0.3) is 11.0 Å². The van der Waals surface area contributed by atoms with Gasteiger partial charge in [-0.3, -0.25) is 0 Å². The summed E-state index contributed by atoms with van der Waals surface area (Å²) in [7, 11) is 0. The molecule has 2 heterocycles. The van der Waals surface area contributed by atoms with Crippen LogP contribution in [0.4, 0.5) is 4.39 Å². The molecule has 1 N–H and O–H groups in total. The summed E-state index contributed by atoms with van der Waals surface area (Å²) in [5.74, 6) is -0.228. The number of hydrogen-bond acceptors (Lipinski definition) is 2. The van der Waals surface area contributed by atoms with E-state index in [1.807, 2.05) is 10.6 Å². The molecule has 0 aliphatic carbocycles. The molecule has 0 saturated heterocycles. The van der Waals surface area contributed by atoms with Crippen molar-refractivity contribution in [2.45, 2.75) is 13.5 Å². The third-order valence-corrected chi connectivity index (χ3v) is 3.30. The fourth-order valence-electron chi connectivity index (χ4n) is 2.00. The minimum atomic E-state index is -0.228.